The van der Waals surface area contributed by atoms with Crippen molar-refractivity contribution in [2.45, 2.75) is 6.10 Å². The Hall–Kier alpha value is -2.24. The smallest absolute Gasteiger partial charge is 0.251 e. The molecule has 0 radical (unpaired) electrons. The van der Waals surface area contributed by atoms with Gasteiger partial charge in [-0.05, 0) is 41.1 Å². The van der Waals surface area contributed by atoms with Gasteiger partial charge >= 0.3 is 0 Å². The summed E-state index contributed by atoms with van der Waals surface area (Å²) in [5.41, 5.74) is 1.17. The second kappa shape index (κ2) is 6.25. The van der Waals surface area contributed by atoms with Gasteiger partial charge in [-0.15, -0.1) is 11.3 Å². The first-order chi connectivity index (χ1) is 10.6. The van der Waals surface area contributed by atoms with Gasteiger partial charge in [0.15, 0.2) is 0 Å². The number of carbonyl (C=O) groups is 1. The van der Waals surface area contributed by atoms with Gasteiger partial charge in [0, 0.05) is 22.4 Å². The lowest BCUT2D eigenvalue weighted by Gasteiger charge is -2.11. The SMILES string of the molecule is O=C(NCC(O)c1csc2ccccc12)c1ccc(F)cc1. The maximum atomic E-state index is 12.8. The number of amides is 1. The predicted molar refractivity (Wildman–Crippen MR) is 85.5 cm³/mol. The minimum absolute atomic E-state index is 0.108. The fraction of sp³-hybridized carbons (Fsp3) is 0.118. The Bertz CT molecular complexity index is 798. The highest BCUT2D eigenvalue weighted by atomic mass is 32.1. The topological polar surface area (TPSA) is 49.3 Å². The van der Waals surface area contributed by atoms with Crippen LogP contribution in [0.3, 0.4) is 0 Å². The first-order valence-electron chi connectivity index (χ1n) is 6.83. The number of benzene rings is 2. The van der Waals surface area contributed by atoms with Crippen LogP contribution in [0, 0.1) is 5.82 Å². The molecule has 0 bridgehead atoms. The molecular weight excluding hydrogens is 301 g/mol. The van der Waals surface area contributed by atoms with Crippen LogP contribution < -0.4 is 5.32 Å². The molecule has 0 aliphatic carbocycles. The molecule has 0 fully saturated rings. The van der Waals surface area contributed by atoms with Gasteiger partial charge in [-0.1, -0.05) is 18.2 Å². The minimum Gasteiger partial charge on any atom is -0.387 e. The minimum atomic E-state index is -0.777. The van der Waals surface area contributed by atoms with Gasteiger partial charge in [0.05, 0.1) is 6.10 Å². The highest BCUT2D eigenvalue weighted by molar-refractivity contribution is 7.17. The largest absolute Gasteiger partial charge is 0.387 e. The van der Waals surface area contributed by atoms with Gasteiger partial charge < -0.3 is 10.4 Å². The maximum absolute atomic E-state index is 12.8. The Balaban J connectivity index is 1.68. The van der Waals surface area contributed by atoms with Crippen molar-refractivity contribution >= 4 is 27.3 Å². The number of nitrogens with one attached hydrogen (secondary N) is 1. The second-order valence-electron chi connectivity index (χ2n) is 4.92. The molecule has 22 heavy (non-hydrogen) atoms. The van der Waals surface area contributed by atoms with E-state index in [1.165, 1.54) is 24.3 Å². The summed E-state index contributed by atoms with van der Waals surface area (Å²) >= 11 is 1.56. The van der Waals surface area contributed by atoms with E-state index in [0.717, 1.165) is 15.6 Å². The van der Waals surface area contributed by atoms with Crippen LogP contribution in [-0.2, 0) is 0 Å². The summed E-state index contributed by atoms with van der Waals surface area (Å²) in [6, 6.07) is 13.1. The Labute approximate surface area is 131 Å². The van der Waals surface area contributed by atoms with Gasteiger partial charge in [-0.25, -0.2) is 4.39 Å². The maximum Gasteiger partial charge on any atom is 0.251 e. The standard InChI is InChI=1S/C17H14FNO2S/c18-12-7-5-11(6-8-12)17(21)19-9-15(20)14-10-22-16-4-2-1-3-13(14)16/h1-8,10,15,20H,9H2,(H,19,21). The lowest BCUT2D eigenvalue weighted by atomic mass is 10.1. The zero-order valence-electron chi connectivity index (χ0n) is 11.6. The molecular formula is C17H14FNO2S. The average Bonchev–Trinajstić information content (AvgIpc) is 2.97. The number of fused-ring (bicyclic) bond motifs is 1. The molecule has 0 aliphatic heterocycles. The van der Waals surface area contributed by atoms with E-state index in [4.69, 9.17) is 0 Å². The van der Waals surface area contributed by atoms with E-state index in [-0.39, 0.29) is 18.3 Å². The number of thiophene rings is 1. The Morgan fingerprint density at radius 3 is 2.68 bits per heavy atom. The highest BCUT2D eigenvalue weighted by Gasteiger charge is 2.14. The molecule has 3 rings (SSSR count). The summed E-state index contributed by atoms with van der Waals surface area (Å²) in [4.78, 5) is 12.0. The quantitative estimate of drug-likeness (QED) is 0.774. The van der Waals surface area contributed by atoms with Crippen molar-refractivity contribution in [2.24, 2.45) is 0 Å². The Kier molecular flexibility index (Phi) is 4.18. The molecule has 112 valence electrons. The molecule has 3 aromatic rings. The van der Waals surface area contributed by atoms with Crippen LogP contribution in [0.15, 0.2) is 53.9 Å². The van der Waals surface area contributed by atoms with Crippen molar-refractivity contribution in [2.75, 3.05) is 6.54 Å². The van der Waals surface area contributed by atoms with E-state index < -0.39 is 6.10 Å². The Morgan fingerprint density at radius 2 is 1.91 bits per heavy atom. The summed E-state index contributed by atoms with van der Waals surface area (Å²) in [5.74, 6) is -0.722. The van der Waals surface area contributed by atoms with Crippen molar-refractivity contribution in [1.82, 2.24) is 5.32 Å². The van der Waals surface area contributed by atoms with E-state index in [1.807, 2.05) is 29.6 Å². The molecule has 1 unspecified atom stereocenters. The zero-order valence-corrected chi connectivity index (χ0v) is 12.4. The summed E-state index contributed by atoms with van der Waals surface area (Å²) in [5, 5.41) is 15.8. The number of aliphatic hydroxyl groups excluding tert-OH is 1. The van der Waals surface area contributed by atoms with Crippen LogP contribution in [0.2, 0.25) is 0 Å². The van der Waals surface area contributed by atoms with Crippen LogP contribution in [0.4, 0.5) is 4.39 Å². The predicted octanol–water partition coefficient (Wildman–Crippen LogP) is 3.50. The van der Waals surface area contributed by atoms with Gasteiger partial charge in [0.2, 0.25) is 0 Å². The molecule has 1 amide bonds. The van der Waals surface area contributed by atoms with Crippen molar-refractivity contribution in [3.8, 4) is 0 Å². The van der Waals surface area contributed by atoms with E-state index in [0.29, 0.717) is 5.56 Å². The van der Waals surface area contributed by atoms with Crippen LogP contribution in [-0.4, -0.2) is 17.6 Å². The highest BCUT2D eigenvalue weighted by Crippen LogP contribution is 2.29. The summed E-state index contributed by atoms with van der Waals surface area (Å²) in [6.45, 7) is 0.108. The molecule has 1 aromatic heterocycles. The van der Waals surface area contributed by atoms with Gasteiger partial charge in [0.25, 0.3) is 5.91 Å². The van der Waals surface area contributed by atoms with Gasteiger partial charge in [0.1, 0.15) is 5.82 Å². The number of rotatable bonds is 4. The number of hydrogen-bond donors (Lipinski definition) is 2. The Morgan fingerprint density at radius 1 is 1.18 bits per heavy atom. The van der Waals surface area contributed by atoms with Crippen molar-refractivity contribution in [1.29, 1.82) is 0 Å². The van der Waals surface area contributed by atoms with E-state index in [9.17, 15) is 14.3 Å². The molecule has 2 N–H and O–H groups in total. The monoisotopic (exact) mass is 315 g/mol. The van der Waals surface area contributed by atoms with Crippen molar-refractivity contribution in [3.05, 3.63) is 70.9 Å². The third-order valence-corrected chi connectivity index (χ3v) is 4.41. The molecule has 5 heteroatoms. The third-order valence-electron chi connectivity index (χ3n) is 3.43. The van der Waals surface area contributed by atoms with Crippen molar-refractivity contribution < 1.29 is 14.3 Å². The average molecular weight is 315 g/mol. The number of hydrogen-bond acceptors (Lipinski definition) is 3. The van der Waals surface area contributed by atoms with Gasteiger partial charge in [-0.2, -0.15) is 0 Å². The number of halogens is 1. The van der Waals surface area contributed by atoms with Crippen molar-refractivity contribution in [3.63, 3.8) is 0 Å². The van der Waals surface area contributed by atoms with Crippen LogP contribution in [0.5, 0.6) is 0 Å². The van der Waals surface area contributed by atoms with E-state index >= 15 is 0 Å². The molecule has 0 aliphatic rings. The molecule has 0 saturated heterocycles. The molecule has 1 atom stereocenters. The fourth-order valence-corrected chi connectivity index (χ4v) is 3.27. The molecule has 3 nitrogen and oxygen atoms in total. The summed E-state index contributed by atoms with van der Waals surface area (Å²) in [7, 11) is 0. The van der Waals surface area contributed by atoms with Crippen LogP contribution in [0.1, 0.15) is 22.0 Å². The second-order valence-corrected chi connectivity index (χ2v) is 5.83. The zero-order chi connectivity index (χ0) is 15.5. The third kappa shape index (κ3) is 3.00. The molecule has 2 aromatic carbocycles. The van der Waals surface area contributed by atoms with Crippen LogP contribution in [0.25, 0.3) is 10.1 Å². The first kappa shape index (κ1) is 14.7. The van der Waals surface area contributed by atoms with E-state index in [1.54, 1.807) is 11.3 Å². The van der Waals surface area contributed by atoms with Crippen LogP contribution >= 0.6 is 11.3 Å². The lowest BCUT2D eigenvalue weighted by Crippen LogP contribution is -2.28. The lowest BCUT2D eigenvalue weighted by molar-refractivity contribution is 0.0917. The van der Waals surface area contributed by atoms with Gasteiger partial charge in [-0.3, -0.25) is 4.79 Å². The molecule has 0 spiro atoms. The number of aliphatic hydroxyl groups is 1. The van der Waals surface area contributed by atoms with E-state index in [2.05, 4.69) is 5.32 Å². The molecule has 1 heterocycles. The summed E-state index contributed by atoms with van der Waals surface area (Å²) < 4.78 is 13.9. The number of carbonyl (C=O) groups excluding carboxylic acids is 1. The first-order valence-corrected chi connectivity index (χ1v) is 7.71. The molecule has 0 saturated carbocycles. The fourth-order valence-electron chi connectivity index (χ4n) is 2.26. The normalized spacial score (nSPS) is 12.3. The summed E-state index contributed by atoms with van der Waals surface area (Å²) in [6.07, 6.45) is -0.777.